The van der Waals surface area contributed by atoms with Crippen LogP contribution in [0.25, 0.3) is 6.08 Å². The Morgan fingerprint density at radius 1 is 1.07 bits per heavy atom. The number of carbonyl (C=O) groups excluding carboxylic acids is 1. The fraction of sp³-hybridized carbons (Fsp3) is 0.316. The van der Waals surface area contributed by atoms with E-state index in [9.17, 15) is 4.79 Å². The van der Waals surface area contributed by atoms with Crippen molar-refractivity contribution < 1.29 is 14.3 Å². The minimum absolute atomic E-state index is 0.0327. The molecule has 0 saturated carbocycles. The normalized spacial score (nSPS) is 16.6. The number of rotatable bonds is 3. The van der Waals surface area contributed by atoms with Crippen LogP contribution in [-0.2, 0) is 4.79 Å². The maximum absolute atomic E-state index is 12.5. The molecule has 2 aromatic rings. The Labute approximate surface area is 162 Å². The molecule has 8 heteroatoms. The van der Waals surface area contributed by atoms with E-state index >= 15 is 0 Å². The van der Waals surface area contributed by atoms with Gasteiger partial charge >= 0.3 is 0 Å². The van der Waals surface area contributed by atoms with Crippen LogP contribution in [0.2, 0.25) is 5.02 Å². The number of anilines is 1. The lowest BCUT2D eigenvalue weighted by molar-refractivity contribution is -0.126. The van der Waals surface area contributed by atoms with Crippen molar-refractivity contribution in [3.05, 3.63) is 47.3 Å². The number of ether oxygens (including phenoxy) is 2. The van der Waals surface area contributed by atoms with E-state index in [2.05, 4.69) is 14.9 Å². The van der Waals surface area contributed by atoms with Gasteiger partial charge in [-0.1, -0.05) is 11.6 Å². The van der Waals surface area contributed by atoms with Crippen molar-refractivity contribution >= 4 is 29.5 Å². The standard InChI is InChI=1S/C19H19ClN4O3/c20-15-12-14(13-16-18(15)27-11-10-26-16)2-3-17(25)23-6-8-24(9-7-23)19-21-4-1-5-22-19/h1-5,12-13H,6-11H2/b3-2+. The lowest BCUT2D eigenvalue weighted by Crippen LogP contribution is -2.48. The van der Waals surface area contributed by atoms with Crippen molar-refractivity contribution in [3.63, 3.8) is 0 Å². The van der Waals surface area contributed by atoms with Crippen LogP contribution in [0.1, 0.15) is 5.56 Å². The SMILES string of the molecule is O=C(/C=C/c1cc(Cl)c2c(c1)OCCO2)N1CCN(c2ncccn2)CC1. The Bertz CT molecular complexity index is 852. The van der Waals surface area contributed by atoms with Crippen LogP contribution in [0, 0.1) is 0 Å². The molecule has 4 rings (SSSR count). The number of halogens is 1. The number of amides is 1. The number of aromatic nitrogens is 2. The number of hydrogen-bond acceptors (Lipinski definition) is 6. The second-order valence-corrected chi connectivity index (χ2v) is 6.63. The average molecular weight is 387 g/mol. The Morgan fingerprint density at radius 2 is 1.81 bits per heavy atom. The Morgan fingerprint density at radius 3 is 2.59 bits per heavy atom. The van der Waals surface area contributed by atoms with Crippen LogP contribution in [0.15, 0.2) is 36.7 Å². The topological polar surface area (TPSA) is 67.8 Å². The van der Waals surface area contributed by atoms with Gasteiger partial charge in [0.15, 0.2) is 11.5 Å². The molecule has 2 aliphatic rings. The summed E-state index contributed by atoms with van der Waals surface area (Å²) in [7, 11) is 0. The van der Waals surface area contributed by atoms with E-state index in [1.54, 1.807) is 36.7 Å². The van der Waals surface area contributed by atoms with Gasteiger partial charge in [-0.3, -0.25) is 4.79 Å². The van der Waals surface area contributed by atoms with Gasteiger partial charge in [-0.2, -0.15) is 0 Å². The molecular formula is C19H19ClN4O3. The highest BCUT2D eigenvalue weighted by Gasteiger charge is 2.21. The van der Waals surface area contributed by atoms with Gasteiger partial charge in [-0.25, -0.2) is 9.97 Å². The van der Waals surface area contributed by atoms with E-state index in [0.717, 1.165) is 5.56 Å². The van der Waals surface area contributed by atoms with Crippen LogP contribution in [0.5, 0.6) is 11.5 Å². The number of hydrogen-bond donors (Lipinski definition) is 0. The summed E-state index contributed by atoms with van der Waals surface area (Å²) in [5.41, 5.74) is 0.800. The van der Waals surface area contributed by atoms with E-state index in [4.69, 9.17) is 21.1 Å². The van der Waals surface area contributed by atoms with Crippen molar-refractivity contribution in [2.24, 2.45) is 0 Å². The molecule has 1 fully saturated rings. The van der Waals surface area contributed by atoms with Gasteiger partial charge in [-0.15, -0.1) is 0 Å². The van der Waals surface area contributed by atoms with Gasteiger partial charge in [0.25, 0.3) is 0 Å². The molecule has 2 aliphatic heterocycles. The summed E-state index contributed by atoms with van der Waals surface area (Å²) in [6.45, 7) is 3.65. The number of nitrogens with zero attached hydrogens (tertiary/aromatic N) is 4. The fourth-order valence-electron chi connectivity index (χ4n) is 3.08. The second-order valence-electron chi connectivity index (χ2n) is 6.22. The zero-order chi connectivity index (χ0) is 18.6. The first-order valence-corrected chi connectivity index (χ1v) is 9.16. The third-order valence-corrected chi connectivity index (χ3v) is 4.74. The molecule has 1 saturated heterocycles. The number of benzene rings is 1. The van der Waals surface area contributed by atoms with Gasteiger partial charge < -0.3 is 19.3 Å². The van der Waals surface area contributed by atoms with E-state index < -0.39 is 0 Å². The van der Waals surface area contributed by atoms with E-state index in [1.165, 1.54) is 0 Å². The molecular weight excluding hydrogens is 368 g/mol. The molecule has 0 aliphatic carbocycles. The van der Waals surface area contributed by atoms with Gasteiger partial charge in [0.05, 0.1) is 5.02 Å². The first-order chi connectivity index (χ1) is 13.2. The number of carbonyl (C=O) groups is 1. The molecule has 0 spiro atoms. The minimum atomic E-state index is -0.0327. The molecule has 1 aromatic carbocycles. The molecule has 7 nitrogen and oxygen atoms in total. The third-order valence-electron chi connectivity index (χ3n) is 4.46. The monoisotopic (exact) mass is 386 g/mol. The molecule has 27 heavy (non-hydrogen) atoms. The average Bonchev–Trinajstić information content (AvgIpc) is 2.73. The summed E-state index contributed by atoms with van der Waals surface area (Å²) in [5.74, 6) is 1.84. The van der Waals surface area contributed by atoms with Crippen LogP contribution < -0.4 is 14.4 Å². The summed E-state index contributed by atoms with van der Waals surface area (Å²) in [4.78, 5) is 24.9. The quantitative estimate of drug-likeness (QED) is 0.754. The molecule has 0 atom stereocenters. The van der Waals surface area contributed by atoms with Gasteiger partial charge in [-0.05, 0) is 29.8 Å². The molecule has 140 valence electrons. The van der Waals surface area contributed by atoms with Crippen molar-refractivity contribution in [2.45, 2.75) is 0 Å². The van der Waals surface area contributed by atoms with Crippen molar-refractivity contribution in [3.8, 4) is 11.5 Å². The van der Waals surface area contributed by atoms with Gasteiger partial charge in [0, 0.05) is 44.6 Å². The molecule has 0 bridgehead atoms. The van der Waals surface area contributed by atoms with E-state index in [0.29, 0.717) is 61.9 Å². The zero-order valence-corrected chi connectivity index (χ0v) is 15.4. The molecule has 0 unspecified atom stereocenters. The smallest absolute Gasteiger partial charge is 0.246 e. The maximum atomic E-state index is 12.5. The van der Waals surface area contributed by atoms with Crippen molar-refractivity contribution in [2.75, 3.05) is 44.3 Å². The second kappa shape index (κ2) is 7.84. The summed E-state index contributed by atoms with van der Waals surface area (Å²) in [5, 5.41) is 0.482. The summed E-state index contributed by atoms with van der Waals surface area (Å²) in [6.07, 6.45) is 6.76. The molecule has 1 amide bonds. The van der Waals surface area contributed by atoms with Crippen LogP contribution in [0.3, 0.4) is 0 Å². The van der Waals surface area contributed by atoms with Gasteiger partial charge in [0.1, 0.15) is 13.2 Å². The van der Waals surface area contributed by atoms with Crippen LogP contribution in [0.4, 0.5) is 5.95 Å². The maximum Gasteiger partial charge on any atom is 0.246 e. The third kappa shape index (κ3) is 3.98. The largest absolute Gasteiger partial charge is 0.486 e. The lowest BCUT2D eigenvalue weighted by Gasteiger charge is -2.34. The minimum Gasteiger partial charge on any atom is -0.486 e. The predicted octanol–water partition coefficient (Wildman–Crippen LogP) is 2.26. The number of fused-ring (bicyclic) bond motifs is 1. The Kier molecular flexibility index (Phi) is 5.11. The first-order valence-electron chi connectivity index (χ1n) is 8.79. The summed E-state index contributed by atoms with van der Waals surface area (Å²) in [6, 6.07) is 5.39. The molecule has 0 N–H and O–H groups in total. The van der Waals surface area contributed by atoms with Crippen LogP contribution in [-0.4, -0.2) is 60.2 Å². The highest BCUT2D eigenvalue weighted by atomic mass is 35.5. The zero-order valence-electron chi connectivity index (χ0n) is 14.7. The molecule has 3 heterocycles. The summed E-state index contributed by atoms with van der Waals surface area (Å²) >= 11 is 6.23. The van der Waals surface area contributed by atoms with E-state index in [-0.39, 0.29) is 5.91 Å². The molecule has 0 radical (unpaired) electrons. The summed E-state index contributed by atoms with van der Waals surface area (Å²) < 4.78 is 11.1. The Hall–Kier alpha value is -2.80. The fourth-order valence-corrected chi connectivity index (χ4v) is 3.35. The molecule has 1 aromatic heterocycles. The van der Waals surface area contributed by atoms with Crippen molar-refractivity contribution in [1.29, 1.82) is 0 Å². The lowest BCUT2D eigenvalue weighted by atomic mass is 10.1. The van der Waals surface area contributed by atoms with Crippen molar-refractivity contribution in [1.82, 2.24) is 14.9 Å². The van der Waals surface area contributed by atoms with Gasteiger partial charge in [0.2, 0.25) is 11.9 Å². The predicted molar refractivity (Wildman–Crippen MR) is 102 cm³/mol. The highest BCUT2D eigenvalue weighted by Crippen LogP contribution is 2.38. The number of piperazine rings is 1. The highest BCUT2D eigenvalue weighted by molar-refractivity contribution is 6.32. The first kappa shape index (κ1) is 17.6. The van der Waals surface area contributed by atoms with E-state index in [1.807, 2.05) is 11.0 Å². The Balaban J connectivity index is 1.38. The van der Waals surface area contributed by atoms with Crippen LogP contribution >= 0.6 is 11.6 Å².